The van der Waals surface area contributed by atoms with Crippen LogP contribution in [0.4, 0.5) is 4.79 Å². The molecule has 2 aliphatic heterocycles. The van der Waals surface area contributed by atoms with Gasteiger partial charge in [-0.2, -0.15) is 0 Å². The lowest BCUT2D eigenvalue weighted by atomic mass is 9.99. The minimum absolute atomic E-state index is 0.00870. The smallest absolute Gasteiger partial charge is 0.411 e. The van der Waals surface area contributed by atoms with Crippen LogP contribution in [0.15, 0.2) is 41.8 Å². The molecule has 2 fully saturated rings. The molecule has 3 amide bonds. The van der Waals surface area contributed by atoms with E-state index in [2.05, 4.69) is 17.4 Å². The van der Waals surface area contributed by atoms with E-state index in [9.17, 15) is 14.4 Å². The highest BCUT2D eigenvalue weighted by molar-refractivity contribution is 7.12. The van der Waals surface area contributed by atoms with Crippen molar-refractivity contribution >= 4 is 29.2 Å². The molecule has 1 aromatic heterocycles. The van der Waals surface area contributed by atoms with E-state index in [-0.39, 0.29) is 42.6 Å². The van der Waals surface area contributed by atoms with E-state index >= 15 is 0 Å². The van der Waals surface area contributed by atoms with Crippen molar-refractivity contribution in [3.63, 3.8) is 0 Å². The molecule has 1 N–H and O–H groups in total. The van der Waals surface area contributed by atoms with Gasteiger partial charge in [0.05, 0.1) is 17.5 Å². The van der Waals surface area contributed by atoms with E-state index < -0.39 is 0 Å². The summed E-state index contributed by atoms with van der Waals surface area (Å²) in [6, 6.07) is 11.8. The SMILES string of the molecule is O=C(NCC(=O)N1CCC(N2C(=O)O[C@@H]3Cc4ccccc4[C@@H]32)CC1)c1cccs1. The summed E-state index contributed by atoms with van der Waals surface area (Å²) < 4.78 is 5.67. The van der Waals surface area contributed by atoms with Crippen LogP contribution < -0.4 is 5.32 Å². The maximum atomic E-state index is 12.6. The largest absolute Gasteiger partial charge is 0.443 e. The Morgan fingerprint density at radius 1 is 1.13 bits per heavy atom. The lowest BCUT2D eigenvalue weighted by Crippen LogP contribution is -2.49. The number of thiophene rings is 1. The maximum Gasteiger partial charge on any atom is 0.411 e. The van der Waals surface area contributed by atoms with Gasteiger partial charge in [0.15, 0.2) is 0 Å². The van der Waals surface area contributed by atoms with Gasteiger partial charge in [-0.1, -0.05) is 30.3 Å². The van der Waals surface area contributed by atoms with Gasteiger partial charge in [-0.25, -0.2) is 4.79 Å². The van der Waals surface area contributed by atoms with E-state index in [1.165, 1.54) is 22.5 Å². The van der Waals surface area contributed by atoms with Gasteiger partial charge in [0, 0.05) is 25.6 Å². The second kappa shape index (κ2) is 7.75. The van der Waals surface area contributed by atoms with Crippen molar-refractivity contribution in [3.8, 4) is 0 Å². The van der Waals surface area contributed by atoms with E-state index in [0.29, 0.717) is 30.8 Å². The van der Waals surface area contributed by atoms with Crippen LogP contribution in [0.3, 0.4) is 0 Å². The second-order valence-corrected chi connectivity index (χ2v) is 8.90. The van der Waals surface area contributed by atoms with Crippen LogP contribution in [0, 0.1) is 0 Å². The molecule has 2 saturated heterocycles. The number of nitrogens with one attached hydrogen (secondary N) is 1. The number of fused-ring (bicyclic) bond motifs is 3. The number of ether oxygens (including phenoxy) is 1. The van der Waals surface area contributed by atoms with Crippen LogP contribution in [0.25, 0.3) is 0 Å². The van der Waals surface area contributed by atoms with Crippen LogP contribution in [-0.2, 0) is 16.0 Å². The topological polar surface area (TPSA) is 79.0 Å². The Labute approximate surface area is 178 Å². The molecule has 8 heteroatoms. The third-order valence-electron chi connectivity index (χ3n) is 6.27. The molecule has 0 unspecified atom stereocenters. The number of hydrogen-bond acceptors (Lipinski definition) is 5. The lowest BCUT2D eigenvalue weighted by molar-refractivity contribution is -0.131. The Hall–Kier alpha value is -2.87. The van der Waals surface area contributed by atoms with Gasteiger partial charge >= 0.3 is 6.09 Å². The van der Waals surface area contributed by atoms with Crippen molar-refractivity contribution in [2.75, 3.05) is 19.6 Å². The van der Waals surface area contributed by atoms with Gasteiger partial charge in [0.1, 0.15) is 6.10 Å². The molecule has 3 aliphatic rings. The molecule has 0 bridgehead atoms. The van der Waals surface area contributed by atoms with Gasteiger partial charge in [0.2, 0.25) is 5.91 Å². The lowest BCUT2D eigenvalue weighted by Gasteiger charge is -2.38. The number of benzene rings is 1. The molecule has 1 aliphatic carbocycles. The number of hydrogen-bond donors (Lipinski definition) is 1. The van der Waals surface area contributed by atoms with E-state index in [1.807, 2.05) is 28.5 Å². The van der Waals surface area contributed by atoms with E-state index in [4.69, 9.17) is 4.74 Å². The summed E-state index contributed by atoms with van der Waals surface area (Å²) in [4.78, 5) is 41.4. The quantitative estimate of drug-likeness (QED) is 0.817. The molecule has 5 rings (SSSR count). The molecule has 156 valence electrons. The Bertz CT molecular complexity index is 969. The molecule has 0 spiro atoms. The Kier molecular flexibility index (Phi) is 4.94. The molecule has 0 radical (unpaired) electrons. The van der Waals surface area contributed by atoms with Gasteiger partial charge < -0.3 is 15.0 Å². The Morgan fingerprint density at radius 2 is 1.93 bits per heavy atom. The fourth-order valence-corrected chi connectivity index (χ4v) is 5.45. The van der Waals surface area contributed by atoms with Crippen LogP contribution in [0.5, 0.6) is 0 Å². The summed E-state index contributed by atoms with van der Waals surface area (Å²) >= 11 is 1.35. The maximum absolute atomic E-state index is 12.6. The van der Waals surface area contributed by atoms with Gasteiger partial charge in [-0.3, -0.25) is 14.5 Å². The molecular weight excluding hydrogens is 402 g/mol. The zero-order chi connectivity index (χ0) is 20.7. The molecular formula is C22H23N3O4S. The highest BCUT2D eigenvalue weighted by Gasteiger charge is 2.50. The van der Waals surface area contributed by atoms with Crippen LogP contribution >= 0.6 is 11.3 Å². The van der Waals surface area contributed by atoms with Crippen LogP contribution in [0.2, 0.25) is 0 Å². The van der Waals surface area contributed by atoms with E-state index in [1.54, 1.807) is 11.0 Å². The van der Waals surface area contributed by atoms with Crippen molar-refractivity contribution in [1.82, 2.24) is 15.1 Å². The first-order chi connectivity index (χ1) is 14.6. The summed E-state index contributed by atoms with van der Waals surface area (Å²) in [5, 5.41) is 4.52. The molecule has 0 saturated carbocycles. The molecule has 7 nitrogen and oxygen atoms in total. The Balaban J connectivity index is 1.18. The van der Waals surface area contributed by atoms with Gasteiger partial charge in [0.25, 0.3) is 5.91 Å². The second-order valence-electron chi connectivity index (χ2n) is 7.95. The highest BCUT2D eigenvalue weighted by Crippen LogP contribution is 2.44. The van der Waals surface area contributed by atoms with Gasteiger partial charge in [-0.15, -0.1) is 11.3 Å². The standard InChI is InChI=1S/C22H23N3O4S/c26-19(13-23-21(27)18-6-3-11-30-18)24-9-7-15(8-10-24)25-20-16-5-2-1-4-14(16)12-17(20)29-22(25)28/h1-6,11,15,17,20H,7-10,12-13H2,(H,23,27)/t17-,20+/m1/s1. The van der Waals surface area contributed by atoms with Crippen molar-refractivity contribution in [1.29, 1.82) is 0 Å². The minimum atomic E-state index is -0.243. The fraction of sp³-hybridized carbons (Fsp3) is 0.409. The first-order valence-electron chi connectivity index (χ1n) is 10.3. The summed E-state index contributed by atoms with van der Waals surface area (Å²) in [6.45, 7) is 1.13. The van der Waals surface area contributed by atoms with Crippen LogP contribution in [-0.4, -0.2) is 59.5 Å². The number of rotatable bonds is 4. The third-order valence-corrected chi connectivity index (χ3v) is 7.13. The van der Waals surface area contributed by atoms with Crippen molar-refractivity contribution < 1.29 is 19.1 Å². The summed E-state index contributed by atoms with van der Waals surface area (Å²) in [5.74, 6) is -0.314. The predicted octanol–water partition coefficient (Wildman–Crippen LogP) is 2.59. The monoisotopic (exact) mass is 425 g/mol. The van der Waals surface area contributed by atoms with Crippen molar-refractivity contribution in [2.45, 2.75) is 37.5 Å². The third kappa shape index (κ3) is 3.35. The first kappa shape index (κ1) is 19.1. The van der Waals surface area contributed by atoms with Crippen molar-refractivity contribution in [3.05, 3.63) is 57.8 Å². The zero-order valence-electron chi connectivity index (χ0n) is 16.5. The summed E-state index contributed by atoms with van der Waals surface area (Å²) in [6.07, 6.45) is 1.84. The average molecular weight is 426 g/mol. The van der Waals surface area contributed by atoms with Crippen molar-refractivity contribution in [2.24, 2.45) is 0 Å². The molecule has 2 aromatic rings. The van der Waals surface area contributed by atoms with Crippen LogP contribution in [0.1, 0.15) is 39.7 Å². The average Bonchev–Trinajstić information content (AvgIpc) is 3.47. The highest BCUT2D eigenvalue weighted by atomic mass is 32.1. The zero-order valence-corrected chi connectivity index (χ0v) is 17.3. The molecule has 3 heterocycles. The summed E-state index contributed by atoms with van der Waals surface area (Å²) in [5.41, 5.74) is 2.43. The molecule has 1 aromatic carbocycles. The normalized spacial score (nSPS) is 23.1. The fourth-order valence-electron chi connectivity index (χ4n) is 4.81. The predicted molar refractivity (Wildman–Crippen MR) is 111 cm³/mol. The number of amides is 3. The number of likely N-dealkylation sites (tertiary alicyclic amines) is 1. The molecule has 2 atom stereocenters. The number of carbonyl (C=O) groups is 3. The van der Waals surface area contributed by atoms with E-state index in [0.717, 1.165) is 6.42 Å². The first-order valence-corrected chi connectivity index (χ1v) is 11.2. The Morgan fingerprint density at radius 3 is 2.70 bits per heavy atom. The van der Waals surface area contributed by atoms with Gasteiger partial charge in [-0.05, 0) is 35.4 Å². The number of carbonyl (C=O) groups excluding carboxylic acids is 3. The number of nitrogens with zero attached hydrogens (tertiary/aromatic N) is 2. The summed E-state index contributed by atoms with van der Waals surface area (Å²) in [7, 11) is 0. The number of piperidine rings is 1. The minimum Gasteiger partial charge on any atom is -0.443 e. The molecule has 30 heavy (non-hydrogen) atoms.